The quantitative estimate of drug-likeness (QED) is 0.322. The summed E-state index contributed by atoms with van der Waals surface area (Å²) in [5, 5.41) is 0.370. The molecule has 0 unspecified atom stereocenters. The summed E-state index contributed by atoms with van der Waals surface area (Å²) in [4.78, 5) is 11.7. The molecule has 0 aliphatic heterocycles. The van der Waals surface area contributed by atoms with E-state index >= 15 is 0 Å². The highest BCUT2D eigenvalue weighted by Crippen LogP contribution is 2.14. The van der Waals surface area contributed by atoms with E-state index in [1.165, 1.54) is 37.4 Å². The predicted octanol–water partition coefficient (Wildman–Crippen LogP) is 4.68. The molecule has 0 fully saturated rings. The molecule has 0 aromatic heterocycles. The molecule has 0 aromatic rings. The standard InChI is InChI=1S/C16H34O3SSi/c1-4-7-8-9-10-13-16(17)20-14-11-12-15-21(18-5-2)19-6-3/h21H,4-15H2,1-3H3. The molecule has 0 saturated carbocycles. The SMILES string of the molecule is CCCCCCCC(=O)SCCCC[SiH](OCC)OCC. The van der Waals surface area contributed by atoms with E-state index in [0.717, 1.165) is 50.7 Å². The summed E-state index contributed by atoms with van der Waals surface area (Å²) >= 11 is 1.51. The van der Waals surface area contributed by atoms with Crippen LogP contribution in [0.5, 0.6) is 0 Å². The zero-order chi connectivity index (χ0) is 15.8. The molecular formula is C16H34O3SSi. The van der Waals surface area contributed by atoms with Crippen molar-refractivity contribution < 1.29 is 13.6 Å². The molecule has 5 heteroatoms. The first-order valence-corrected chi connectivity index (χ1v) is 11.4. The molecule has 0 spiro atoms. The summed E-state index contributed by atoms with van der Waals surface area (Å²) < 4.78 is 11.3. The van der Waals surface area contributed by atoms with Crippen LogP contribution in [0.15, 0.2) is 0 Å². The highest BCUT2D eigenvalue weighted by atomic mass is 32.2. The topological polar surface area (TPSA) is 35.5 Å². The number of hydrogen-bond acceptors (Lipinski definition) is 4. The molecule has 0 saturated heterocycles. The zero-order valence-electron chi connectivity index (χ0n) is 14.2. The minimum atomic E-state index is -1.43. The van der Waals surface area contributed by atoms with Gasteiger partial charge in [-0.2, -0.15) is 0 Å². The minimum Gasteiger partial charge on any atom is -0.397 e. The van der Waals surface area contributed by atoms with Crippen molar-refractivity contribution in [3.63, 3.8) is 0 Å². The van der Waals surface area contributed by atoms with E-state index in [1.54, 1.807) is 0 Å². The Balaban J connectivity index is 3.41. The third kappa shape index (κ3) is 14.8. The van der Waals surface area contributed by atoms with Crippen LogP contribution in [0.2, 0.25) is 6.04 Å². The zero-order valence-corrected chi connectivity index (χ0v) is 16.2. The Morgan fingerprint density at radius 1 is 0.905 bits per heavy atom. The van der Waals surface area contributed by atoms with Gasteiger partial charge in [0.25, 0.3) is 0 Å². The number of unbranched alkanes of at least 4 members (excludes halogenated alkanes) is 5. The lowest BCUT2D eigenvalue weighted by molar-refractivity contribution is -0.111. The van der Waals surface area contributed by atoms with E-state index in [1.807, 2.05) is 13.8 Å². The minimum absolute atomic E-state index is 0.370. The van der Waals surface area contributed by atoms with Crippen molar-refractivity contribution in [1.82, 2.24) is 0 Å². The van der Waals surface area contributed by atoms with Crippen molar-refractivity contribution in [1.29, 1.82) is 0 Å². The van der Waals surface area contributed by atoms with Crippen molar-refractivity contribution in [2.45, 2.75) is 78.2 Å². The molecule has 0 bridgehead atoms. The van der Waals surface area contributed by atoms with E-state index in [0.29, 0.717) is 5.12 Å². The number of carbonyl (C=O) groups is 1. The largest absolute Gasteiger partial charge is 0.397 e. The lowest BCUT2D eigenvalue weighted by atomic mass is 10.1. The molecular weight excluding hydrogens is 300 g/mol. The third-order valence-electron chi connectivity index (χ3n) is 3.29. The molecule has 0 aliphatic rings. The molecule has 0 aliphatic carbocycles. The Kier molecular flexibility index (Phi) is 16.6. The van der Waals surface area contributed by atoms with Crippen molar-refractivity contribution in [2.75, 3.05) is 19.0 Å². The van der Waals surface area contributed by atoms with E-state index in [9.17, 15) is 4.79 Å². The van der Waals surface area contributed by atoms with Crippen LogP contribution in [0.1, 0.15) is 72.1 Å². The van der Waals surface area contributed by atoms with Gasteiger partial charge in [-0.3, -0.25) is 4.79 Å². The second kappa shape index (κ2) is 16.5. The highest BCUT2D eigenvalue weighted by Gasteiger charge is 2.11. The van der Waals surface area contributed by atoms with Crippen molar-refractivity contribution in [2.24, 2.45) is 0 Å². The number of rotatable bonds is 15. The van der Waals surface area contributed by atoms with Gasteiger partial charge in [0.05, 0.1) is 0 Å². The van der Waals surface area contributed by atoms with Crippen LogP contribution in [0.4, 0.5) is 0 Å². The maximum atomic E-state index is 11.7. The van der Waals surface area contributed by atoms with Gasteiger partial charge < -0.3 is 8.85 Å². The number of thioether (sulfide) groups is 1. The van der Waals surface area contributed by atoms with Gasteiger partial charge in [0.1, 0.15) is 0 Å². The summed E-state index contributed by atoms with van der Waals surface area (Å²) in [6, 6.07) is 1.06. The monoisotopic (exact) mass is 334 g/mol. The summed E-state index contributed by atoms with van der Waals surface area (Å²) in [5.41, 5.74) is 0. The van der Waals surface area contributed by atoms with Crippen LogP contribution in [0, 0.1) is 0 Å². The maximum Gasteiger partial charge on any atom is 0.321 e. The number of hydrogen-bond donors (Lipinski definition) is 0. The summed E-state index contributed by atoms with van der Waals surface area (Å²) in [6.45, 7) is 7.76. The van der Waals surface area contributed by atoms with Crippen molar-refractivity contribution >= 4 is 26.2 Å². The summed E-state index contributed by atoms with van der Waals surface area (Å²) in [7, 11) is -1.43. The van der Waals surface area contributed by atoms with Crippen LogP contribution in [-0.2, 0) is 13.6 Å². The van der Waals surface area contributed by atoms with E-state index in [-0.39, 0.29) is 0 Å². The lowest BCUT2D eigenvalue weighted by Gasteiger charge is -2.14. The Bertz CT molecular complexity index is 234. The van der Waals surface area contributed by atoms with Gasteiger partial charge in [-0.15, -0.1) is 0 Å². The second-order valence-electron chi connectivity index (χ2n) is 5.22. The normalized spacial score (nSPS) is 11.2. The van der Waals surface area contributed by atoms with Crippen LogP contribution in [0.25, 0.3) is 0 Å². The second-order valence-corrected chi connectivity index (χ2v) is 8.48. The smallest absolute Gasteiger partial charge is 0.321 e. The molecule has 0 heterocycles. The average molecular weight is 335 g/mol. The van der Waals surface area contributed by atoms with E-state index < -0.39 is 9.28 Å². The average Bonchev–Trinajstić information content (AvgIpc) is 2.47. The van der Waals surface area contributed by atoms with Gasteiger partial charge in [0, 0.05) is 25.4 Å². The van der Waals surface area contributed by atoms with Crippen molar-refractivity contribution in [3.05, 3.63) is 0 Å². The Labute approximate surface area is 137 Å². The van der Waals surface area contributed by atoms with Gasteiger partial charge >= 0.3 is 9.28 Å². The fourth-order valence-corrected chi connectivity index (χ4v) is 4.79. The van der Waals surface area contributed by atoms with Crippen molar-refractivity contribution in [3.8, 4) is 0 Å². The molecule has 0 aromatic carbocycles. The van der Waals surface area contributed by atoms with Gasteiger partial charge in [-0.1, -0.05) is 50.8 Å². The first-order chi connectivity index (χ1) is 10.2. The molecule has 126 valence electrons. The lowest BCUT2D eigenvalue weighted by Crippen LogP contribution is -2.22. The molecule has 0 atom stereocenters. The van der Waals surface area contributed by atoms with Crippen LogP contribution < -0.4 is 0 Å². The third-order valence-corrected chi connectivity index (χ3v) is 6.60. The molecule has 0 radical (unpaired) electrons. The fourth-order valence-electron chi connectivity index (χ4n) is 2.13. The first kappa shape index (κ1) is 21.2. The summed E-state index contributed by atoms with van der Waals surface area (Å²) in [6.07, 6.45) is 9.07. The van der Waals surface area contributed by atoms with Gasteiger partial charge in [0.2, 0.25) is 0 Å². The van der Waals surface area contributed by atoms with Crippen LogP contribution in [-0.4, -0.2) is 33.4 Å². The van der Waals surface area contributed by atoms with E-state index in [2.05, 4.69) is 6.92 Å². The Hall–Kier alpha value is 0.157. The number of carbonyl (C=O) groups excluding carboxylic acids is 1. The fraction of sp³-hybridized carbons (Fsp3) is 0.938. The molecule has 21 heavy (non-hydrogen) atoms. The van der Waals surface area contributed by atoms with E-state index in [4.69, 9.17) is 8.85 Å². The summed E-state index contributed by atoms with van der Waals surface area (Å²) in [5.74, 6) is 0.952. The van der Waals surface area contributed by atoms with Gasteiger partial charge in [-0.25, -0.2) is 0 Å². The Morgan fingerprint density at radius 2 is 1.57 bits per heavy atom. The maximum absolute atomic E-state index is 11.7. The van der Waals surface area contributed by atoms with Gasteiger partial charge in [0.15, 0.2) is 5.12 Å². The molecule has 0 rings (SSSR count). The van der Waals surface area contributed by atoms with Crippen LogP contribution >= 0.6 is 11.8 Å². The molecule has 0 amide bonds. The molecule has 0 N–H and O–H groups in total. The first-order valence-electron chi connectivity index (χ1n) is 8.63. The van der Waals surface area contributed by atoms with Gasteiger partial charge in [-0.05, 0) is 32.7 Å². The molecule has 3 nitrogen and oxygen atoms in total. The Morgan fingerprint density at radius 3 is 2.19 bits per heavy atom. The van der Waals surface area contributed by atoms with Crippen LogP contribution in [0.3, 0.4) is 0 Å². The predicted molar refractivity (Wildman–Crippen MR) is 95.3 cm³/mol. The highest BCUT2D eigenvalue weighted by molar-refractivity contribution is 8.13.